The molecule has 2 amide bonds. The summed E-state index contributed by atoms with van der Waals surface area (Å²) in [6.45, 7) is 7.25. The first-order valence-corrected chi connectivity index (χ1v) is 8.68. The Kier molecular flexibility index (Phi) is 7.90. The van der Waals surface area contributed by atoms with Gasteiger partial charge in [-0.2, -0.15) is 0 Å². The van der Waals surface area contributed by atoms with E-state index in [0.717, 1.165) is 0 Å². The van der Waals surface area contributed by atoms with Crippen LogP contribution in [0.25, 0.3) is 0 Å². The van der Waals surface area contributed by atoms with Gasteiger partial charge in [0.1, 0.15) is 0 Å². The fourth-order valence-electron chi connectivity index (χ4n) is 2.52. The summed E-state index contributed by atoms with van der Waals surface area (Å²) in [6, 6.07) is 7.65. The number of hydrogen-bond donors (Lipinski definition) is 3. The Balaban J connectivity index is 0.00000312. The van der Waals surface area contributed by atoms with Gasteiger partial charge in [0, 0.05) is 31.1 Å². The van der Waals surface area contributed by atoms with Crippen LogP contribution in [0, 0.1) is 5.92 Å². The normalized spacial score (nSPS) is 15.0. The van der Waals surface area contributed by atoms with E-state index in [-0.39, 0.29) is 42.1 Å². The molecule has 0 radical (unpaired) electrons. The number of hydrogen-bond acceptors (Lipinski definition) is 3. The van der Waals surface area contributed by atoms with Crippen LogP contribution in [-0.4, -0.2) is 30.9 Å². The summed E-state index contributed by atoms with van der Waals surface area (Å²) in [4.78, 5) is 23.8. The molecule has 1 aliphatic carbocycles. The molecule has 25 heavy (non-hydrogen) atoms. The predicted molar refractivity (Wildman–Crippen MR) is 103 cm³/mol. The molecule has 1 atom stereocenters. The Bertz CT molecular complexity index is 577. The number of benzene rings is 1. The molecule has 0 heterocycles. The number of halogens is 1. The van der Waals surface area contributed by atoms with Crippen molar-refractivity contribution in [2.24, 2.45) is 11.7 Å². The molecule has 0 saturated heterocycles. The molecule has 0 aromatic heterocycles. The zero-order valence-corrected chi connectivity index (χ0v) is 16.1. The van der Waals surface area contributed by atoms with E-state index in [4.69, 9.17) is 5.73 Å². The second kappa shape index (κ2) is 9.20. The Labute approximate surface area is 156 Å². The molecule has 1 aromatic carbocycles. The molecule has 1 fully saturated rings. The van der Waals surface area contributed by atoms with Crippen LogP contribution in [0.4, 0.5) is 0 Å². The van der Waals surface area contributed by atoms with E-state index in [0.29, 0.717) is 24.6 Å². The molecule has 1 aliphatic rings. The van der Waals surface area contributed by atoms with Crippen LogP contribution in [0.1, 0.15) is 56.0 Å². The maximum absolute atomic E-state index is 12.1. The lowest BCUT2D eigenvalue weighted by molar-refractivity contribution is -0.121. The van der Waals surface area contributed by atoms with Crippen molar-refractivity contribution in [1.29, 1.82) is 0 Å². The van der Waals surface area contributed by atoms with Crippen molar-refractivity contribution in [2.75, 3.05) is 13.1 Å². The average molecular weight is 368 g/mol. The molecule has 4 N–H and O–H groups in total. The van der Waals surface area contributed by atoms with Crippen molar-refractivity contribution in [3.63, 3.8) is 0 Å². The Morgan fingerprint density at radius 2 is 1.76 bits per heavy atom. The molecule has 0 spiro atoms. The van der Waals surface area contributed by atoms with Crippen molar-refractivity contribution >= 4 is 24.2 Å². The lowest BCUT2D eigenvalue weighted by atomic mass is 9.87. The summed E-state index contributed by atoms with van der Waals surface area (Å²) < 4.78 is 0. The summed E-state index contributed by atoms with van der Waals surface area (Å²) >= 11 is 0. The zero-order valence-electron chi connectivity index (χ0n) is 15.3. The SMILES string of the molecule is CC(C)(C)c1ccc(C(=O)NCCC(=O)NCC(N)C2CC2)cc1.Cl. The predicted octanol–water partition coefficient (Wildman–Crippen LogP) is 2.38. The molecule has 1 aromatic rings. The minimum Gasteiger partial charge on any atom is -0.354 e. The van der Waals surface area contributed by atoms with Gasteiger partial charge >= 0.3 is 0 Å². The van der Waals surface area contributed by atoms with Crippen LogP contribution in [0.15, 0.2) is 24.3 Å². The zero-order chi connectivity index (χ0) is 17.7. The van der Waals surface area contributed by atoms with Crippen molar-refractivity contribution in [3.8, 4) is 0 Å². The minimum absolute atomic E-state index is 0. The van der Waals surface area contributed by atoms with E-state index < -0.39 is 0 Å². The number of amides is 2. The number of nitrogens with two attached hydrogens (primary N) is 1. The summed E-state index contributed by atoms with van der Waals surface area (Å²) in [5, 5.41) is 5.61. The second-order valence-electron chi connectivity index (χ2n) is 7.64. The monoisotopic (exact) mass is 367 g/mol. The minimum atomic E-state index is -0.155. The molecule has 2 rings (SSSR count). The van der Waals surface area contributed by atoms with Crippen molar-refractivity contribution in [2.45, 2.75) is 51.5 Å². The van der Waals surface area contributed by atoms with Gasteiger partial charge in [0.15, 0.2) is 0 Å². The number of carbonyl (C=O) groups is 2. The summed E-state index contributed by atoms with van der Waals surface area (Å²) in [7, 11) is 0. The molecule has 5 nitrogen and oxygen atoms in total. The van der Waals surface area contributed by atoms with Gasteiger partial charge in [-0.05, 0) is 41.9 Å². The van der Waals surface area contributed by atoms with E-state index in [1.54, 1.807) is 0 Å². The number of rotatable bonds is 7. The molecular formula is C19H30ClN3O2. The van der Waals surface area contributed by atoms with Gasteiger partial charge in [0.2, 0.25) is 5.91 Å². The molecule has 1 saturated carbocycles. The first-order valence-electron chi connectivity index (χ1n) is 8.68. The van der Waals surface area contributed by atoms with E-state index in [1.165, 1.54) is 18.4 Å². The van der Waals surface area contributed by atoms with Crippen LogP contribution in [0.2, 0.25) is 0 Å². The molecule has 1 unspecified atom stereocenters. The van der Waals surface area contributed by atoms with Crippen molar-refractivity contribution in [1.82, 2.24) is 10.6 Å². The first kappa shape index (κ1) is 21.5. The fourth-order valence-corrected chi connectivity index (χ4v) is 2.52. The Hall–Kier alpha value is -1.59. The van der Waals surface area contributed by atoms with Crippen LogP contribution in [-0.2, 0) is 10.2 Å². The lowest BCUT2D eigenvalue weighted by Crippen LogP contribution is -2.39. The van der Waals surface area contributed by atoms with E-state index in [1.807, 2.05) is 24.3 Å². The molecule has 0 aliphatic heterocycles. The van der Waals surface area contributed by atoms with Crippen LogP contribution in [0.3, 0.4) is 0 Å². The van der Waals surface area contributed by atoms with Gasteiger partial charge in [0.05, 0.1) is 0 Å². The Morgan fingerprint density at radius 1 is 1.16 bits per heavy atom. The van der Waals surface area contributed by atoms with E-state index >= 15 is 0 Å². The summed E-state index contributed by atoms with van der Waals surface area (Å²) in [5.41, 5.74) is 7.80. The highest BCUT2D eigenvalue weighted by molar-refractivity contribution is 5.94. The van der Waals surface area contributed by atoms with Gasteiger partial charge in [-0.25, -0.2) is 0 Å². The summed E-state index contributed by atoms with van der Waals surface area (Å²) in [6.07, 6.45) is 2.60. The third-order valence-corrected chi connectivity index (χ3v) is 4.41. The number of nitrogens with one attached hydrogen (secondary N) is 2. The van der Waals surface area contributed by atoms with Crippen molar-refractivity contribution in [3.05, 3.63) is 35.4 Å². The average Bonchev–Trinajstić information content (AvgIpc) is 3.36. The first-order chi connectivity index (χ1) is 11.3. The third-order valence-electron chi connectivity index (χ3n) is 4.41. The van der Waals surface area contributed by atoms with E-state index in [9.17, 15) is 9.59 Å². The number of carbonyl (C=O) groups excluding carboxylic acids is 2. The molecule has 140 valence electrons. The molecule has 6 heteroatoms. The standard InChI is InChI=1S/C19H29N3O2.ClH/c1-19(2,3)15-8-6-14(7-9-15)18(24)21-11-10-17(23)22-12-16(20)13-4-5-13;/h6-9,13,16H,4-5,10-12,20H2,1-3H3,(H,21,24)(H,22,23);1H. The Morgan fingerprint density at radius 3 is 2.28 bits per heavy atom. The topological polar surface area (TPSA) is 84.2 Å². The van der Waals surface area contributed by atoms with Gasteiger partial charge in [-0.15, -0.1) is 12.4 Å². The third kappa shape index (κ3) is 7.04. The largest absolute Gasteiger partial charge is 0.354 e. The van der Waals surface area contributed by atoms with Crippen LogP contribution in [0.5, 0.6) is 0 Å². The van der Waals surface area contributed by atoms with Gasteiger partial charge < -0.3 is 16.4 Å². The van der Waals surface area contributed by atoms with Crippen LogP contribution >= 0.6 is 12.4 Å². The maximum Gasteiger partial charge on any atom is 0.251 e. The highest BCUT2D eigenvalue weighted by Crippen LogP contribution is 2.31. The van der Waals surface area contributed by atoms with Gasteiger partial charge in [0.25, 0.3) is 5.91 Å². The van der Waals surface area contributed by atoms with Gasteiger partial charge in [-0.1, -0.05) is 32.9 Å². The smallest absolute Gasteiger partial charge is 0.251 e. The van der Waals surface area contributed by atoms with E-state index in [2.05, 4.69) is 31.4 Å². The lowest BCUT2D eigenvalue weighted by Gasteiger charge is -2.19. The van der Waals surface area contributed by atoms with Crippen molar-refractivity contribution < 1.29 is 9.59 Å². The molecule has 0 bridgehead atoms. The summed E-state index contributed by atoms with van der Waals surface area (Å²) in [5.74, 6) is 0.341. The fraction of sp³-hybridized carbons (Fsp3) is 0.579. The van der Waals surface area contributed by atoms with Gasteiger partial charge in [-0.3, -0.25) is 9.59 Å². The highest BCUT2D eigenvalue weighted by Gasteiger charge is 2.28. The quantitative estimate of drug-likeness (QED) is 0.691. The molecular weight excluding hydrogens is 338 g/mol. The highest BCUT2D eigenvalue weighted by atomic mass is 35.5. The van der Waals surface area contributed by atoms with Crippen LogP contribution < -0.4 is 16.4 Å². The second-order valence-corrected chi connectivity index (χ2v) is 7.64. The maximum atomic E-state index is 12.1.